The lowest BCUT2D eigenvalue weighted by atomic mass is 9.99. The summed E-state index contributed by atoms with van der Waals surface area (Å²) in [7, 11) is 0. The van der Waals surface area contributed by atoms with Crippen LogP contribution in [-0.4, -0.2) is 22.8 Å². The van der Waals surface area contributed by atoms with Gasteiger partial charge in [0, 0.05) is 24.6 Å². The molecule has 1 aromatic heterocycles. The van der Waals surface area contributed by atoms with Crippen LogP contribution in [0.15, 0.2) is 16.9 Å². The van der Waals surface area contributed by atoms with Gasteiger partial charge in [0.15, 0.2) is 0 Å². The van der Waals surface area contributed by atoms with E-state index in [0.29, 0.717) is 23.1 Å². The van der Waals surface area contributed by atoms with E-state index in [9.17, 15) is 9.18 Å². The fourth-order valence-corrected chi connectivity index (χ4v) is 3.58. The molecular formula is C18H22FN3O2. The van der Waals surface area contributed by atoms with Crippen molar-refractivity contribution in [3.8, 4) is 0 Å². The maximum atomic E-state index is 14.0. The lowest BCUT2D eigenvalue weighted by Crippen LogP contribution is -2.30. The number of nitrogens with zero attached hydrogens (tertiary/aromatic N) is 2. The number of hydrogen-bond acceptors (Lipinski definition) is 4. The molecule has 1 aliphatic carbocycles. The van der Waals surface area contributed by atoms with Gasteiger partial charge in [-0.05, 0) is 50.3 Å². The highest BCUT2D eigenvalue weighted by Crippen LogP contribution is 2.38. The SMILES string of the molecule is C[C@@H](N)c1cc(F)cc2c(=O)n(C3CC3)c(C3CCCOC3)nc12. The van der Waals surface area contributed by atoms with Gasteiger partial charge in [0.1, 0.15) is 11.6 Å². The number of benzene rings is 1. The molecule has 2 atom stereocenters. The zero-order valence-electron chi connectivity index (χ0n) is 13.8. The first kappa shape index (κ1) is 15.7. The topological polar surface area (TPSA) is 70.1 Å². The summed E-state index contributed by atoms with van der Waals surface area (Å²) in [5, 5.41) is 0.328. The molecule has 1 saturated carbocycles. The molecule has 0 spiro atoms. The van der Waals surface area contributed by atoms with Crippen LogP contribution in [0.5, 0.6) is 0 Å². The summed E-state index contributed by atoms with van der Waals surface area (Å²) >= 11 is 0. The Bertz CT molecular complexity index is 836. The van der Waals surface area contributed by atoms with Crippen LogP contribution in [0.25, 0.3) is 10.9 Å². The van der Waals surface area contributed by atoms with Gasteiger partial charge in [0.25, 0.3) is 5.56 Å². The van der Waals surface area contributed by atoms with E-state index >= 15 is 0 Å². The van der Waals surface area contributed by atoms with Crippen molar-refractivity contribution in [2.75, 3.05) is 13.2 Å². The van der Waals surface area contributed by atoms with Crippen LogP contribution in [0.4, 0.5) is 4.39 Å². The molecule has 0 amide bonds. The monoisotopic (exact) mass is 331 g/mol. The second-order valence-corrected chi connectivity index (χ2v) is 6.97. The molecule has 4 rings (SSSR count). The van der Waals surface area contributed by atoms with E-state index in [1.807, 2.05) is 0 Å². The third kappa shape index (κ3) is 2.63. The molecule has 2 N–H and O–H groups in total. The Morgan fingerprint density at radius 3 is 2.79 bits per heavy atom. The molecule has 24 heavy (non-hydrogen) atoms. The van der Waals surface area contributed by atoms with Crippen LogP contribution in [0, 0.1) is 5.82 Å². The summed E-state index contributed by atoms with van der Waals surface area (Å²) < 4.78 is 21.4. The minimum Gasteiger partial charge on any atom is -0.381 e. The zero-order chi connectivity index (χ0) is 16.8. The third-order valence-electron chi connectivity index (χ3n) is 4.95. The second-order valence-electron chi connectivity index (χ2n) is 6.97. The molecule has 1 aliphatic heterocycles. The van der Waals surface area contributed by atoms with Gasteiger partial charge in [-0.2, -0.15) is 0 Å². The number of hydrogen-bond donors (Lipinski definition) is 1. The standard InChI is InChI=1S/C18H22FN3O2/c1-10(20)14-7-12(19)8-15-16(14)21-17(11-3-2-6-24-9-11)22(18(15)23)13-4-5-13/h7-8,10-11,13H,2-6,9,20H2,1H3/t10-,11?/m1/s1. The fraction of sp³-hybridized carbons (Fsp3) is 0.556. The van der Waals surface area contributed by atoms with Gasteiger partial charge in [-0.1, -0.05) is 0 Å². The van der Waals surface area contributed by atoms with Gasteiger partial charge >= 0.3 is 0 Å². The van der Waals surface area contributed by atoms with Crippen molar-refractivity contribution in [3.05, 3.63) is 39.7 Å². The molecule has 6 heteroatoms. The van der Waals surface area contributed by atoms with Gasteiger partial charge in [-0.3, -0.25) is 9.36 Å². The van der Waals surface area contributed by atoms with Crippen LogP contribution in [0.3, 0.4) is 0 Å². The Morgan fingerprint density at radius 1 is 1.38 bits per heavy atom. The van der Waals surface area contributed by atoms with Crippen molar-refractivity contribution in [3.63, 3.8) is 0 Å². The molecule has 2 aliphatic rings. The second kappa shape index (κ2) is 5.93. The molecule has 5 nitrogen and oxygen atoms in total. The van der Waals surface area contributed by atoms with E-state index in [-0.39, 0.29) is 23.6 Å². The first-order valence-electron chi connectivity index (χ1n) is 8.65. The minimum absolute atomic E-state index is 0.113. The lowest BCUT2D eigenvalue weighted by Gasteiger charge is -2.25. The number of ether oxygens (including phenoxy) is 1. The predicted molar refractivity (Wildman–Crippen MR) is 89.6 cm³/mol. The van der Waals surface area contributed by atoms with Gasteiger partial charge < -0.3 is 10.5 Å². The van der Waals surface area contributed by atoms with Gasteiger partial charge in [0.05, 0.1) is 17.5 Å². The van der Waals surface area contributed by atoms with Gasteiger partial charge in [0.2, 0.25) is 0 Å². The molecular weight excluding hydrogens is 309 g/mol. The van der Waals surface area contributed by atoms with E-state index < -0.39 is 5.82 Å². The van der Waals surface area contributed by atoms with Crippen molar-refractivity contribution < 1.29 is 9.13 Å². The van der Waals surface area contributed by atoms with Crippen LogP contribution in [0.1, 0.15) is 62.0 Å². The van der Waals surface area contributed by atoms with E-state index in [2.05, 4.69) is 0 Å². The minimum atomic E-state index is -0.440. The maximum Gasteiger partial charge on any atom is 0.261 e. The van der Waals surface area contributed by atoms with E-state index in [1.165, 1.54) is 12.1 Å². The van der Waals surface area contributed by atoms with Crippen LogP contribution >= 0.6 is 0 Å². The van der Waals surface area contributed by atoms with E-state index in [1.54, 1.807) is 11.5 Å². The molecule has 1 unspecified atom stereocenters. The number of halogens is 1. The average Bonchev–Trinajstić information content (AvgIpc) is 3.40. The smallest absolute Gasteiger partial charge is 0.261 e. The highest BCUT2D eigenvalue weighted by Gasteiger charge is 2.32. The van der Waals surface area contributed by atoms with Crippen LogP contribution in [0.2, 0.25) is 0 Å². The Kier molecular flexibility index (Phi) is 3.89. The van der Waals surface area contributed by atoms with Gasteiger partial charge in [-0.15, -0.1) is 0 Å². The molecule has 128 valence electrons. The third-order valence-corrected chi connectivity index (χ3v) is 4.95. The summed E-state index contributed by atoms with van der Waals surface area (Å²) in [6, 6.07) is 2.48. The summed E-state index contributed by atoms with van der Waals surface area (Å²) in [5.41, 5.74) is 6.97. The maximum absolute atomic E-state index is 14.0. The Morgan fingerprint density at radius 2 is 2.17 bits per heavy atom. The largest absolute Gasteiger partial charge is 0.381 e. The first-order chi connectivity index (χ1) is 11.6. The molecule has 0 radical (unpaired) electrons. The highest BCUT2D eigenvalue weighted by atomic mass is 19.1. The van der Waals surface area contributed by atoms with Gasteiger partial charge in [-0.25, -0.2) is 9.37 Å². The quantitative estimate of drug-likeness (QED) is 0.939. The average molecular weight is 331 g/mol. The van der Waals surface area contributed by atoms with Crippen molar-refractivity contribution in [2.24, 2.45) is 5.73 Å². The fourth-order valence-electron chi connectivity index (χ4n) is 3.58. The molecule has 1 saturated heterocycles. The Hall–Kier alpha value is -1.79. The summed E-state index contributed by atoms with van der Waals surface area (Å²) in [4.78, 5) is 17.9. The Labute approximate surface area is 139 Å². The lowest BCUT2D eigenvalue weighted by molar-refractivity contribution is 0.0766. The number of nitrogens with two attached hydrogens (primary N) is 1. The van der Waals surface area contributed by atoms with Crippen LogP contribution in [-0.2, 0) is 4.74 Å². The van der Waals surface area contributed by atoms with Crippen molar-refractivity contribution in [1.29, 1.82) is 0 Å². The highest BCUT2D eigenvalue weighted by molar-refractivity contribution is 5.81. The first-order valence-corrected chi connectivity index (χ1v) is 8.65. The number of fused-ring (bicyclic) bond motifs is 1. The van der Waals surface area contributed by atoms with Crippen molar-refractivity contribution in [2.45, 2.75) is 50.6 Å². The molecule has 2 fully saturated rings. The summed E-state index contributed by atoms with van der Waals surface area (Å²) in [6.45, 7) is 3.12. The molecule has 2 heterocycles. The zero-order valence-corrected chi connectivity index (χ0v) is 13.8. The summed E-state index contributed by atoms with van der Waals surface area (Å²) in [6.07, 6.45) is 3.87. The molecule has 2 aromatic rings. The van der Waals surface area contributed by atoms with E-state index in [0.717, 1.165) is 38.1 Å². The normalized spacial score (nSPS) is 22.7. The molecule has 0 bridgehead atoms. The van der Waals surface area contributed by atoms with Crippen LogP contribution < -0.4 is 11.3 Å². The van der Waals surface area contributed by atoms with Crippen molar-refractivity contribution in [1.82, 2.24) is 9.55 Å². The Balaban J connectivity index is 1.99. The van der Waals surface area contributed by atoms with E-state index in [4.69, 9.17) is 15.5 Å². The van der Waals surface area contributed by atoms with Crippen molar-refractivity contribution >= 4 is 10.9 Å². The molecule has 1 aromatic carbocycles. The number of rotatable bonds is 3. The number of aromatic nitrogens is 2. The predicted octanol–water partition coefficient (Wildman–Crippen LogP) is 2.78. The summed E-state index contributed by atoms with van der Waals surface area (Å²) in [5.74, 6) is 0.454.